The first-order valence-corrected chi connectivity index (χ1v) is 32.6. The molecule has 0 bridgehead atoms. The van der Waals surface area contributed by atoms with E-state index >= 15 is 0 Å². The Bertz CT molecular complexity index is 3480. The number of benzene rings is 3. The Kier molecular flexibility index (Phi) is 21.7. The number of aromatic nitrogens is 1. The third kappa shape index (κ3) is 16.4. The number of thiazole rings is 1. The Morgan fingerprint density at radius 2 is 1.67 bits per heavy atom. The Morgan fingerprint density at radius 3 is 2.34 bits per heavy atom. The third-order valence-corrected chi connectivity index (χ3v) is 19.4. The number of hydrogen-bond acceptors (Lipinski definition) is 15. The van der Waals surface area contributed by atoms with Gasteiger partial charge in [-0.25, -0.2) is 9.55 Å². The van der Waals surface area contributed by atoms with E-state index in [9.17, 15) is 61.7 Å². The van der Waals surface area contributed by atoms with Gasteiger partial charge in [0, 0.05) is 56.6 Å². The van der Waals surface area contributed by atoms with Gasteiger partial charge in [0.25, 0.3) is 5.91 Å². The zero-order chi connectivity index (χ0) is 63.9. The molecule has 3 fully saturated rings. The summed E-state index contributed by atoms with van der Waals surface area (Å²) in [7, 11) is -5.29. The number of halogens is 3. The van der Waals surface area contributed by atoms with Crippen LogP contribution in [-0.2, 0) is 44.5 Å². The quantitative estimate of drug-likeness (QED) is 0.0324. The number of fused-ring (bicyclic) bond motifs is 2. The molecular weight excluding hydrogens is 1220 g/mol. The number of primary amides is 1. The largest absolute Gasteiger partial charge is 0.490 e. The van der Waals surface area contributed by atoms with Gasteiger partial charge >= 0.3 is 13.8 Å². The van der Waals surface area contributed by atoms with Gasteiger partial charge in [-0.3, -0.25) is 38.4 Å². The van der Waals surface area contributed by atoms with E-state index in [0.717, 1.165) is 33.0 Å². The fraction of sp³-hybridized carbons (Fsp3) is 0.483. The van der Waals surface area contributed by atoms with Gasteiger partial charge in [0.2, 0.25) is 41.4 Å². The number of amides is 8. The van der Waals surface area contributed by atoms with E-state index in [1.54, 1.807) is 55.8 Å². The maximum absolute atomic E-state index is 14.6. The van der Waals surface area contributed by atoms with Crippen LogP contribution in [0.2, 0.25) is 5.02 Å². The van der Waals surface area contributed by atoms with Crippen molar-refractivity contribution in [1.82, 2.24) is 41.0 Å². The van der Waals surface area contributed by atoms with Gasteiger partial charge in [-0.15, -0.1) is 22.7 Å². The highest BCUT2D eigenvalue weighted by Gasteiger charge is 2.47. The summed E-state index contributed by atoms with van der Waals surface area (Å²) >= 11 is 9.44. The molecule has 474 valence electrons. The van der Waals surface area contributed by atoms with E-state index in [0.29, 0.717) is 41.3 Å². The van der Waals surface area contributed by atoms with Crippen LogP contribution in [-0.4, -0.2) is 152 Å². The normalized spacial score (nSPS) is 20.5. The van der Waals surface area contributed by atoms with Gasteiger partial charge in [0.05, 0.1) is 44.2 Å². The number of thiophene rings is 1. The first-order chi connectivity index (χ1) is 41.6. The van der Waals surface area contributed by atoms with Crippen LogP contribution in [0.5, 0.6) is 11.5 Å². The Balaban J connectivity index is 0.868. The van der Waals surface area contributed by atoms with Crippen molar-refractivity contribution in [3.8, 4) is 21.9 Å². The number of aliphatic hydroxyl groups is 1. The molecule has 8 N–H and O–H groups in total. The van der Waals surface area contributed by atoms with Crippen molar-refractivity contribution in [3.63, 3.8) is 0 Å². The number of alkyl halides is 2. The molecule has 3 aliphatic heterocycles. The summed E-state index contributed by atoms with van der Waals surface area (Å²) in [5.74, 6) is -4.32. The van der Waals surface area contributed by atoms with Crippen molar-refractivity contribution in [2.24, 2.45) is 11.1 Å². The zero-order valence-corrected chi connectivity index (χ0v) is 52.7. The van der Waals surface area contributed by atoms with E-state index in [1.807, 2.05) is 38.1 Å². The number of likely N-dealkylation sites (tertiary alicyclic amines) is 1. The molecule has 5 heterocycles. The molecule has 88 heavy (non-hydrogen) atoms. The van der Waals surface area contributed by atoms with Crippen LogP contribution < -0.4 is 36.3 Å². The average molecular weight is 1300 g/mol. The molecule has 3 saturated heterocycles. The minimum Gasteiger partial charge on any atom is -0.490 e. The van der Waals surface area contributed by atoms with Crippen molar-refractivity contribution in [2.45, 2.75) is 154 Å². The third-order valence-electron chi connectivity index (χ3n) is 15.9. The summed E-state index contributed by atoms with van der Waals surface area (Å²) < 4.78 is 49.3. The topological polar surface area (TPSA) is 309 Å². The molecule has 0 spiro atoms. The smallest absolute Gasteiger partial charge is 0.442 e. The minimum absolute atomic E-state index is 0.00560. The maximum atomic E-state index is 14.6. The lowest BCUT2D eigenvalue weighted by Crippen LogP contribution is -2.61. The lowest BCUT2D eigenvalue weighted by Gasteiger charge is -2.38. The highest BCUT2D eigenvalue weighted by atomic mass is 35.5. The molecule has 8 amide bonds. The van der Waals surface area contributed by atoms with Crippen LogP contribution in [0.1, 0.15) is 119 Å². The van der Waals surface area contributed by atoms with E-state index in [1.165, 1.54) is 45.9 Å². The van der Waals surface area contributed by atoms with Gasteiger partial charge < -0.3 is 61.0 Å². The van der Waals surface area contributed by atoms with Crippen molar-refractivity contribution < 1.29 is 71.0 Å². The summed E-state index contributed by atoms with van der Waals surface area (Å²) in [6.07, 6.45) is -3.10. The summed E-state index contributed by atoms with van der Waals surface area (Å²) in [5.41, 5.74) is 9.97. The first kappa shape index (κ1) is 66.9. The van der Waals surface area contributed by atoms with Crippen LogP contribution in [0.3, 0.4) is 0 Å². The predicted octanol–water partition coefficient (Wildman–Crippen LogP) is 7.01. The van der Waals surface area contributed by atoms with Gasteiger partial charge in [-0.05, 0) is 110 Å². The second kappa shape index (κ2) is 28.6. The van der Waals surface area contributed by atoms with E-state index < -0.39 is 109 Å². The van der Waals surface area contributed by atoms with Crippen LogP contribution in [0.4, 0.5) is 8.78 Å². The molecule has 9 atom stereocenters. The van der Waals surface area contributed by atoms with Gasteiger partial charge in [-0.2, -0.15) is 8.78 Å². The van der Waals surface area contributed by atoms with E-state index in [-0.39, 0.29) is 85.7 Å². The number of carbonyl (C=O) groups excluding carboxylic acids is 8. The average Bonchev–Trinajstić information content (AvgIpc) is 2.18. The SMILES string of the molecule is CC(=O)N1CC[C@H]2CC[C@@H](C(=O)N[C@@H](CCC(N)=O)COc3cccc(CCCC(=O)N[C@H](C(=O)N4C[C@H](O)C[C@H]4C(=O)N[C@@H](C)c4ccc(-c5scnc5C)cc4)C(C)(C)C)c3Cl)N2C(=O)[C@@H](NC(=O)c2cc3cc(OP(=O)(O)C(F)F)ccc3s2)C1. The Hall–Kier alpha value is -7.09. The lowest BCUT2D eigenvalue weighted by atomic mass is 9.85. The van der Waals surface area contributed by atoms with Gasteiger partial charge in [-0.1, -0.05) is 68.8 Å². The summed E-state index contributed by atoms with van der Waals surface area (Å²) in [4.78, 5) is 129. The summed E-state index contributed by atoms with van der Waals surface area (Å²) in [6, 6.07) is 12.0. The second-order valence-electron chi connectivity index (χ2n) is 23.5. The molecule has 0 saturated carbocycles. The van der Waals surface area contributed by atoms with Crippen LogP contribution >= 0.6 is 41.9 Å². The molecule has 2 aromatic heterocycles. The van der Waals surface area contributed by atoms with Crippen molar-refractivity contribution in [3.05, 3.63) is 99.0 Å². The molecular formula is C60H73ClF2N9O13PS2. The Morgan fingerprint density at radius 1 is 0.943 bits per heavy atom. The molecule has 3 aromatic carbocycles. The van der Waals surface area contributed by atoms with E-state index in [4.69, 9.17) is 22.1 Å². The molecule has 0 radical (unpaired) electrons. The molecule has 22 nitrogen and oxygen atoms in total. The molecule has 3 aliphatic rings. The number of aliphatic hydroxyl groups excluding tert-OH is 1. The van der Waals surface area contributed by atoms with E-state index in [2.05, 4.69) is 30.8 Å². The molecule has 8 rings (SSSR count). The predicted molar refractivity (Wildman–Crippen MR) is 327 cm³/mol. The van der Waals surface area contributed by atoms with Crippen molar-refractivity contribution in [2.75, 3.05) is 26.2 Å². The van der Waals surface area contributed by atoms with Crippen LogP contribution in [0.25, 0.3) is 20.5 Å². The van der Waals surface area contributed by atoms with Crippen molar-refractivity contribution in [1.29, 1.82) is 0 Å². The summed E-state index contributed by atoms with van der Waals surface area (Å²) in [6.45, 7) is 10.3. The number of carbonyl (C=O) groups is 8. The number of rotatable bonds is 23. The monoisotopic (exact) mass is 1300 g/mol. The highest BCUT2D eigenvalue weighted by Crippen LogP contribution is 2.49. The fourth-order valence-electron chi connectivity index (χ4n) is 11.2. The zero-order valence-electron chi connectivity index (χ0n) is 49.5. The number of β-amino-alcohol motifs (C(OH)–C–C–N with tert-alkyl or cyclic N) is 1. The van der Waals surface area contributed by atoms with Crippen molar-refractivity contribution >= 4 is 99.2 Å². The molecule has 5 aromatic rings. The van der Waals surface area contributed by atoms with Gasteiger partial charge in [0.15, 0.2) is 0 Å². The highest BCUT2D eigenvalue weighted by molar-refractivity contribution is 7.53. The number of nitrogens with zero attached hydrogens (tertiary/aromatic N) is 4. The maximum Gasteiger partial charge on any atom is 0.442 e. The minimum atomic E-state index is -5.29. The molecule has 0 aliphatic carbocycles. The lowest BCUT2D eigenvalue weighted by molar-refractivity contribution is -0.145. The first-order valence-electron chi connectivity index (χ1n) is 28.9. The number of aryl methyl sites for hydroxylation is 2. The van der Waals surface area contributed by atoms with Crippen LogP contribution in [0, 0.1) is 12.3 Å². The Labute approximate surface area is 520 Å². The molecule has 28 heteroatoms. The second-order valence-corrected chi connectivity index (χ2v) is 27.5. The number of nitrogens with one attached hydrogen (secondary N) is 4. The van der Waals surface area contributed by atoms with Gasteiger partial charge in [0.1, 0.15) is 42.3 Å². The fourth-order valence-corrected chi connectivity index (χ4v) is 13.7. The number of ether oxygens (including phenoxy) is 1. The number of hydrogen-bond donors (Lipinski definition) is 7. The van der Waals surface area contributed by atoms with Crippen LogP contribution in [0.15, 0.2) is 72.2 Å². The standard InChI is InChI=1S/C60H73ClF2N9O13PS2/c1-32(35-13-15-37(16-14-35)52-33(2)65-31-87-52)66-55(78)45-27-41(74)28-71(45)58(81)53(60(4,5)6)69-50(76)12-8-10-36-9-7-11-46(51(36)61)84-30-39(17-22-49(64)75)67-54(77)44-20-18-40-23-24-70(34(3)73)29-43(57(80)72(40)44)68-56(79)48-26-38-25-42(19-21-47(38)88-48)85-86(82,83)59(62)63/h7,9,11,13-16,19,21,25-26,31-32,39-41,43-45,53,59,74H,8,10,12,17-18,20,22-24,27-30H2,1-6H3,(H2,64,75)(H,66,78)(H,67,77)(H,68,79)(H,69,76)(H,82,83)/t32-,39-,40+,41+,43-,44-,45-,53+/m0/s1. The summed E-state index contributed by atoms with van der Waals surface area (Å²) in [5, 5.41) is 22.9. The molecule has 1 unspecified atom stereocenters. The number of nitrogens with two attached hydrogens (primary N) is 1.